The lowest BCUT2D eigenvalue weighted by Crippen LogP contribution is -1.87. The quantitative estimate of drug-likeness (QED) is 0.758. The van der Waals surface area contributed by atoms with Gasteiger partial charge in [0.2, 0.25) is 0 Å². The second-order valence-corrected chi connectivity index (χ2v) is 5.13. The van der Waals surface area contributed by atoms with E-state index < -0.39 is 0 Å². The molecule has 18 heavy (non-hydrogen) atoms. The minimum Gasteiger partial charge on any atom is -0.278 e. The van der Waals surface area contributed by atoms with Crippen LogP contribution in [0.5, 0.6) is 0 Å². The summed E-state index contributed by atoms with van der Waals surface area (Å²) in [5, 5.41) is 8.08. The first-order chi connectivity index (χ1) is 8.83. The summed E-state index contributed by atoms with van der Waals surface area (Å²) in [5.74, 6) is 0. The third-order valence-electron chi connectivity index (χ3n) is 3.39. The molecule has 92 valence electrons. The van der Waals surface area contributed by atoms with Gasteiger partial charge < -0.3 is 0 Å². The predicted molar refractivity (Wildman–Crippen MR) is 75.5 cm³/mol. The van der Waals surface area contributed by atoms with Gasteiger partial charge in [-0.05, 0) is 60.6 Å². The first-order valence-corrected chi connectivity index (χ1v) is 6.69. The fraction of sp³-hybridized carbons (Fsp3) is 0.267. The fourth-order valence-electron chi connectivity index (χ4n) is 2.44. The molecule has 0 fully saturated rings. The lowest BCUT2D eigenvalue weighted by Gasteiger charge is -2.04. The maximum absolute atomic E-state index is 5.91. The summed E-state index contributed by atoms with van der Waals surface area (Å²) < 4.78 is 0. The number of hydrogen-bond donors (Lipinski definition) is 1. The van der Waals surface area contributed by atoms with Gasteiger partial charge in [0, 0.05) is 5.02 Å². The van der Waals surface area contributed by atoms with E-state index in [1.807, 2.05) is 18.3 Å². The maximum Gasteiger partial charge on any atom is 0.0641 e. The van der Waals surface area contributed by atoms with Crippen LogP contribution in [0.4, 0.5) is 0 Å². The molecule has 0 unspecified atom stereocenters. The van der Waals surface area contributed by atoms with E-state index in [9.17, 15) is 0 Å². The average Bonchev–Trinajstić information content (AvgIpc) is 2.76. The molecule has 1 aromatic heterocycles. The van der Waals surface area contributed by atoms with Crippen molar-refractivity contribution in [2.75, 3.05) is 0 Å². The zero-order valence-corrected chi connectivity index (χ0v) is 10.9. The van der Waals surface area contributed by atoms with Crippen LogP contribution < -0.4 is 0 Å². The fourth-order valence-corrected chi connectivity index (χ4v) is 2.57. The number of halogens is 1. The second kappa shape index (κ2) is 4.99. The molecule has 0 bridgehead atoms. The molecule has 2 aromatic rings. The van der Waals surface area contributed by atoms with Gasteiger partial charge in [-0.2, -0.15) is 5.10 Å². The Kier molecular flexibility index (Phi) is 3.20. The topological polar surface area (TPSA) is 28.7 Å². The van der Waals surface area contributed by atoms with E-state index in [0.717, 1.165) is 17.9 Å². The van der Waals surface area contributed by atoms with E-state index in [1.54, 1.807) is 0 Å². The Hall–Kier alpha value is -1.54. The number of aryl methyl sites for hydroxylation is 1. The van der Waals surface area contributed by atoms with Gasteiger partial charge in [0.1, 0.15) is 0 Å². The summed E-state index contributed by atoms with van der Waals surface area (Å²) >= 11 is 5.91. The SMILES string of the molecule is Clc1ccc(C=C2CCCCc3cn[nH]c32)cc1. The molecule has 0 aliphatic heterocycles. The summed E-state index contributed by atoms with van der Waals surface area (Å²) in [6.07, 6.45) is 8.91. The molecular weight excluding hydrogens is 244 g/mol. The van der Waals surface area contributed by atoms with Gasteiger partial charge >= 0.3 is 0 Å². The minimum absolute atomic E-state index is 0.778. The Morgan fingerprint density at radius 1 is 1.11 bits per heavy atom. The molecule has 0 saturated heterocycles. The first kappa shape index (κ1) is 11.5. The Bertz CT molecular complexity index is 566. The molecule has 1 aromatic carbocycles. The van der Waals surface area contributed by atoms with Gasteiger partial charge in [-0.15, -0.1) is 0 Å². The first-order valence-electron chi connectivity index (χ1n) is 6.32. The minimum atomic E-state index is 0.778. The number of fused-ring (bicyclic) bond motifs is 1. The molecule has 1 N–H and O–H groups in total. The van der Waals surface area contributed by atoms with E-state index >= 15 is 0 Å². The highest BCUT2D eigenvalue weighted by atomic mass is 35.5. The van der Waals surface area contributed by atoms with Gasteiger partial charge in [-0.3, -0.25) is 5.10 Å². The largest absolute Gasteiger partial charge is 0.278 e. The molecule has 0 atom stereocenters. The molecule has 1 aliphatic rings. The summed E-state index contributed by atoms with van der Waals surface area (Å²) in [5.41, 5.74) is 5.09. The van der Waals surface area contributed by atoms with Crippen LogP contribution in [0.2, 0.25) is 5.02 Å². The number of aromatic nitrogens is 2. The Morgan fingerprint density at radius 3 is 2.72 bits per heavy atom. The summed E-state index contributed by atoms with van der Waals surface area (Å²) in [4.78, 5) is 0. The van der Waals surface area contributed by atoms with Crippen molar-refractivity contribution < 1.29 is 0 Å². The number of aromatic amines is 1. The molecule has 0 amide bonds. The van der Waals surface area contributed by atoms with Crippen molar-refractivity contribution in [2.45, 2.75) is 25.7 Å². The van der Waals surface area contributed by atoms with Gasteiger partial charge in [-0.25, -0.2) is 0 Å². The van der Waals surface area contributed by atoms with Crippen molar-refractivity contribution in [3.05, 3.63) is 52.3 Å². The number of allylic oxidation sites excluding steroid dienone is 1. The standard InChI is InChI=1S/C15H15ClN2/c16-14-7-5-11(6-8-14)9-12-3-1-2-4-13-10-17-18-15(12)13/h5-10H,1-4H2,(H,17,18). The monoisotopic (exact) mass is 258 g/mol. The van der Waals surface area contributed by atoms with Crippen molar-refractivity contribution in [3.63, 3.8) is 0 Å². The number of benzene rings is 1. The third kappa shape index (κ3) is 2.34. The summed E-state index contributed by atoms with van der Waals surface area (Å²) in [6.45, 7) is 0. The van der Waals surface area contributed by atoms with E-state index in [0.29, 0.717) is 0 Å². The van der Waals surface area contributed by atoms with Gasteiger partial charge in [0.15, 0.2) is 0 Å². The number of nitrogens with zero attached hydrogens (tertiary/aromatic N) is 1. The second-order valence-electron chi connectivity index (χ2n) is 4.70. The van der Waals surface area contributed by atoms with E-state index in [4.69, 9.17) is 11.6 Å². The molecule has 2 nitrogen and oxygen atoms in total. The highest BCUT2D eigenvalue weighted by Gasteiger charge is 2.14. The van der Waals surface area contributed by atoms with Crippen molar-refractivity contribution in [1.29, 1.82) is 0 Å². The van der Waals surface area contributed by atoms with Crippen LogP contribution in [0, 0.1) is 0 Å². The zero-order valence-electron chi connectivity index (χ0n) is 10.1. The summed E-state index contributed by atoms with van der Waals surface area (Å²) in [7, 11) is 0. The highest BCUT2D eigenvalue weighted by molar-refractivity contribution is 6.30. The normalized spacial score (nSPS) is 17.5. The van der Waals surface area contributed by atoms with Crippen molar-refractivity contribution in [3.8, 4) is 0 Å². The lowest BCUT2D eigenvalue weighted by molar-refractivity contribution is 0.770. The molecule has 3 heteroatoms. The Balaban J connectivity index is 1.99. The van der Waals surface area contributed by atoms with Gasteiger partial charge in [-0.1, -0.05) is 23.7 Å². The molecule has 1 heterocycles. The van der Waals surface area contributed by atoms with E-state index in [2.05, 4.69) is 28.4 Å². The van der Waals surface area contributed by atoms with Crippen LogP contribution in [0.15, 0.2) is 30.5 Å². The van der Waals surface area contributed by atoms with E-state index in [1.165, 1.54) is 35.2 Å². The average molecular weight is 259 g/mol. The summed E-state index contributed by atoms with van der Waals surface area (Å²) in [6, 6.07) is 7.96. The smallest absolute Gasteiger partial charge is 0.0641 e. The van der Waals surface area contributed by atoms with Crippen molar-refractivity contribution in [2.24, 2.45) is 0 Å². The molecule has 0 saturated carbocycles. The van der Waals surface area contributed by atoms with Crippen LogP contribution >= 0.6 is 11.6 Å². The van der Waals surface area contributed by atoms with Gasteiger partial charge in [0.05, 0.1) is 11.9 Å². The molecular formula is C15H15ClN2. The van der Waals surface area contributed by atoms with Crippen LogP contribution in [-0.4, -0.2) is 10.2 Å². The zero-order chi connectivity index (χ0) is 12.4. The number of nitrogens with one attached hydrogen (secondary N) is 1. The molecule has 1 aliphatic carbocycles. The van der Waals surface area contributed by atoms with Crippen LogP contribution in [0.1, 0.15) is 36.1 Å². The van der Waals surface area contributed by atoms with Crippen LogP contribution in [-0.2, 0) is 6.42 Å². The molecule has 0 spiro atoms. The molecule has 3 rings (SSSR count). The van der Waals surface area contributed by atoms with Crippen LogP contribution in [0.25, 0.3) is 11.6 Å². The highest BCUT2D eigenvalue weighted by Crippen LogP contribution is 2.29. The number of H-pyrrole nitrogens is 1. The maximum atomic E-state index is 5.91. The van der Waals surface area contributed by atoms with Crippen molar-refractivity contribution in [1.82, 2.24) is 10.2 Å². The predicted octanol–water partition coefficient (Wildman–Crippen LogP) is 4.33. The number of rotatable bonds is 1. The van der Waals surface area contributed by atoms with Crippen LogP contribution in [0.3, 0.4) is 0 Å². The number of hydrogen-bond acceptors (Lipinski definition) is 1. The van der Waals surface area contributed by atoms with Gasteiger partial charge in [0.25, 0.3) is 0 Å². The lowest BCUT2D eigenvalue weighted by atomic mass is 10.0. The third-order valence-corrected chi connectivity index (χ3v) is 3.64. The Labute approximate surface area is 112 Å². The van der Waals surface area contributed by atoms with E-state index in [-0.39, 0.29) is 0 Å². The molecule has 0 radical (unpaired) electrons. The van der Waals surface area contributed by atoms with Crippen molar-refractivity contribution >= 4 is 23.3 Å². The Morgan fingerprint density at radius 2 is 1.89 bits per heavy atom.